The van der Waals surface area contributed by atoms with Crippen molar-refractivity contribution in [2.75, 3.05) is 0 Å². The number of halogens is 2. The highest BCUT2D eigenvalue weighted by atomic mass is 79.9. The molecule has 1 amide bonds. The van der Waals surface area contributed by atoms with Crippen LogP contribution in [0.25, 0.3) is 0 Å². The van der Waals surface area contributed by atoms with Crippen LogP contribution in [0, 0.1) is 0 Å². The minimum atomic E-state index is -0.774. The molecule has 0 saturated carbocycles. The van der Waals surface area contributed by atoms with E-state index in [9.17, 15) is 4.79 Å². The Morgan fingerprint density at radius 3 is 2.50 bits per heavy atom. The zero-order valence-electron chi connectivity index (χ0n) is 12.1. The molecule has 2 aromatic rings. The van der Waals surface area contributed by atoms with Crippen molar-refractivity contribution < 1.29 is 14.4 Å². The maximum absolute atomic E-state index is 11.9. The number of hydroxylamine groups is 1. The van der Waals surface area contributed by atoms with Gasteiger partial charge in [-0.1, -0.05) is 57.9 Å². The summed E-state index contributed by atoms with van der Waals surface area (Å²) in [6, 6.07) is 14.4. The Hall–Kier alpha value is -1.72. The van der Waals surface area contributed by atoms with Gasteiger partial charge in [0.05, 0.1) is 0 Å². The molecule has 0 aromatic heterocycles. The summed E-state index contributed by atoms with van der Waals surface area (Å²) in [7, 11) is 0. The summed E-state index contributed by atoms with van der Waals surface area (Å²) in [5.74, 6) is 0.397. The molecule has 0 radical (unpaired) electrons. The number of ether oxygens (including phenoxy) is 1. The van der Waals surface area contributed by atoms with Crippen LogP contribution in [0.1, 0.15) is 19.4 Å². The third-order valence-corrected chi connectivity index (χ3v) is 3.58. The summed E-state index contributed by atoms with van der Waals surface area (Å²) >= 11 is 9.19. The number of hydrogen-bond acceptors (Lipinski definition) is 3. The van der Waals surface area contributed by atoms with Crippen LogP contribution < -0.4 is 10.3 Å². The van der Waals surface area contributed by atoms with Gasteiger partial charge in [0, 0.05) is 15.6 Å². The van der Waals surface area contributed by atoms with Crippen molar-refractivity contribution in [2.45, 2.75) is 19.4 Å². The Morgan fingerprint density at radius 1 is 1.18 bits per heavy atom. The zero-order chi connectivity index (χ0) is 16.2. The molecule has 22 heavy (non-hydrogen) atoms. The maximum atomic E-state index is 11.9. The fourth-order valence-electron chi connectivity index (χ4n) is 1.84. The van der Waals surface area contributed by atoms with Gasteiger partial charge in [-0.25, -0.2) is 4.79 Å². The molecule has 0 aliphatic heterocycles. The quantitative estimate of drug-likeness (QED) is 0.750. The van der Waals surface area contributed by atoms with Gasteiger partial charge in [-0.3, -0.25) is 0 Å². The van der Waals surface area contributed by atoms with Crippen molar-refractivity contribution in [3.05, 3.63) is 63.6 Å². The maximum Gasteiger partial charge on any atom is 0.441 e. The van der Waals surface area contributed by atoms with Crippen LogP contribution in [0.5, 0.6) is 5.75 Å². The first-order valence-corrected chi connectivity index (χ1v) is 7.71. The number of benzene rings is 2. The molecule has 6 heteroatoms. The van der Waals surface area contributed by atoms with E-state index in [-0.39, 0.29) is 0 Å². The predicted octanol–water partition coefficient (Wildman–Crippen LogP) is 5.06. The van der Waals surface area contributed by atoms with Crippen LogP contribution in [0.15, 0.2) is 53.0 Å². The third kappa shape index (κ3) is 4.64. The van der Waals surface area contributed by atoms with E-state index in [0.717, 1.165) is 10.0 Å². The van der Waals surface area contributed by atoms with Crippen molar-refractivity contribution in [3.63, 3.8) is 0 Å². The normalized spacial score (nSPS) is 10.9. The Bertz CT molecular complexity index is 641. The minimum Gasteiger partial charge on any atom is -0.437 e. The van der Waals surface area contributed by atoms with Gasteiger partial charge in [0.15, 0.2) is 5.75 Å². The largest absolute Gasteiger partial charge is 0.441 e. The molecule has 0 spiro atoms. The summed E-state index contributed by atoms with van der Waals surface area (Å²) in [5.41, 5.74) is 2.35. The van der Waals surface area contributed by atoms with Gasteiger partial charge in [-0.05, 0) is 31.5 Å². The number of carbonyl (C=O) groups is 1. The molecule has 0 heterocycles. The van der Waals surface area contributed by atoms with E-state index in [1.54, 1.807) is 32.0 Å². The molecular formula is C16H15BrClNO3. The third-order valence-electron chi connectivity index (χ3n) is 2.91. The summed E-state index contributed by atoms with van der Waals surface area (Å²) in [6.45, 7) is 3.61. The lowest BCUT2D eigenvalue weighted by molar-refractivity contribution is 0.0150. The number of amides is 1. The number of nitrogens with one attached hydrogen (secondary N) is 1. The predicted molar refractivity (Wildman–Crippen MR) is 88.9 cm³/mol. The van der Waals surface area contributed by atoms with Crippen molar-refractivity contribution in [1.29, 1.82) is 0 Å². The smallest absolute Gasteiger partial charge is 0.437 e. The van der Waals surface area contributed by atoms with Crippen molar-refractivity contribution >= 4 is 33.6 Å². The molecule has 116 valence electrons. The van der Waals surface area contributed by atoms with Gasteiger partial charge in [0.1, 0.15) is 5.60 Å². The molecule has 0 aliphatic carbocycles. The first-order chi connectivity index (χ1) is 10.4. The molecule has 0 aliphatic rings. The molecule has 0 saturated heterocycles. The van der Waals surface area contributed by atoms with Gasteiger partial charge in [0.25, 0.3) is 0 Å². The zero-order valence-corrected chi connectivity index (χ0v) is 14.4. The summed E-state index contributed by atoms with van der Waals surface area (Å²) in [4.78, 5) is 17.0. The average molecular weight is 385 g/mol. The monoisotopic (exact) mass is 383 g/mol. The first-order valence-electron chi connectivity index (χ1n) is 6.54. The highest BCUT2D eigenvalue weighted by Crippen LogP contribution is 2.25. The fourth-order valence-corrected chi connectivity index (χ4v) is 2.67. The van der Waals surface area contributed by atoms with Crippen LogP contribution in [-0.4, -0.2) is 6.09 Å². The van der Waals surface area contributed by atoms with Crippen molar-refractivity contribution in [1.82, 2.24) is 5.48 Å². The highest BCUT2D eigenvalue weighted by molar-refractivity contribution is 9.10. The van der Waals surface area contributed by atoms with Crippen molar-refractivity contribution in [2.24, 2.45) is 0 Å². The summed E-state index contributed by atoms with van der Waals surface area (Å²) in [5, 5.41) is 0.490. The van der Waals surface area contributed by atoms with Gasteiger partial charge < -0.3 is 9.57 Å². The van der Waals surface area contributed by atoms with Crippen LogP contribution in [0.2, 0.25) is 5.02 Å². The molecule has 0 atom stereocenters. The lowest BCUT2D eigenvalue weighted by Gasteiger charge is -2.25. The fraction of sp³-hybridized carbons (Fsp3) is 0.188. The number of hydrogen-bond donors (Lipinski definition) is 1. The van der Waals surface area contributed by atoms with Gasteiger partial charge in [-0.2, -0.15) is 5.48 Å². The van der Waals surface area contributed by atoms with E-state index >= 15 is 0 Å². The summed E-state index contributed by atoms with van der Waals surface area (Å²) < 4.78 is 6.13. The van der Waals surface area contributed by atoms with E-state index in [1.807, 2.05) is 30.3 Å². The highest BCUT2D eigenvalue weighted by Gasteiger charge is 2.25. The second kappa shape index (κ2) is 7.03. The van der Waals surface area contributed by atoms with Gasteiger partial charge in [-0.15, -0.1) is 0 Å². The van der Waals surface area contributed by atoms with E-state index < -0.39 is 11.7 Å². The molecule has 1 N–H and O–H groups in total. The van der Waals surface area contributed by atoms with Crippen LogP contribution in [0.3, 0.4) is 0 Å². The molecule has 0 bridgehead atoms. The van der Waals surface area contributed by atoms with E-state index in [2.05, 4.69) is 21.4 Å². The lowest BCUT2D eigenvalue weighted by atomic mass is 9.98. The molecule has 2 rings (SSSR count). The van der Waals surface area contributed by atoms with Crippen LogP contribution in [0.4, 0.5) is 4.79 Å². The van der Waals surface area contributed by atoms with E-state index in [4.69, 9.17) is 21.2 Å². The molecule has 2 aromatic carbocycles. The van der Waals surface area contributed by atoms with Crippen molar-refractivity contribution in [3.8, 4) is 5.75 Å². The summed E-state index contributed by atoms with van der Waals surface area (Å²) in [6.07, 6.45) is -0.690. The Kier molecular flexibility index (Phi) is 5.32. The molecular weight excluding hydrogens is 370 g/mol. The number of rotatable bonds is 4. The average Bonchev–Trinajstić information content (AvgIpc) is 2.45. The number of carbonyl (C=O) groups excluding carboxylic acids is 1. The van der Waals surface area contributed by atoms with Crippen LogP contribution in [-0.2, 0) is 10.3 Å². The van der Waals surface area contributed by atoms with E-state index in [1.165, 1.54) is 0 Å². The topological polar surface area (TPSA) is 47.6 Å². The standard InChI is InChI=1S/C16H15BrClNO3/c1-16(2,11-6-4-3-5-7-11)21-15(20)19-22-14-9-12(17)8-13(18)10-14/h3-10H,1-2H3,(H,19,20). The second-order valence-electron chi connectivity index (χ2n) is 5.08. The minimum absolute atomic E-state index is 0.397. The molecule has 0 unspecified atom stereocenters. The van der Waals surface area contributed by atoms with Crippen LogP contribution >= 0.6 is 27.5 Å². The Balaban J connectivity index is 1.95. The first kappa shape index (κ1) is 16.6. The molecule has 4 nitrogen and oxygen atoms in total. The van der Waals surface area contributed by atoms with Gasteiger partial charge >= 0.3 is 6.09 Å². The Morgan fingerprint density at radius 2 is 1.86 bits per heavy atom. The molecule has 0 fully saturated rings. The second-order valence-corrected chi connectivity index (χ2v) is 6.43. The lowest BCUT2D eigenvalue weighted by Crippen LogP contribution is -2.34. The van der Waals surface area contributed by atoms with E-state index in [0.29, 0.717) is 10.8 Å². The van der Waals surface area contributed by atoms with Gasteiger partial charge in [0.2, 0.25) is 0 Å². The Labute approximate surface area is 142 Å². The SMILES string of the molecule is CC(C)(OC(=O)NOc1cc(Cl)cc(Br)c1)c1ccccc1.